The normalized spacial score (nSPS) is 9.50. The molecule has 0 unspecified atom stereocenters. The van der Waals surface area contributed by atoms with Crippen LogP contribution < -0.4 is 0 Å². The molecule has 0 aliphatic carbocycles. The van der Waals surface area contributed by atoms with Gasteiger partial charge in [0.1, 0.15) is 0 Å². The zero-order valence-electron chi connectivity index (χ0n) is 6.56. The van der Waals surface area contributed by atoms with E-state index in [1.165, 1.54) is 0 Å². The van der Waals surface area contributed by atoms with Gasteiger partial charge >= 0.3 is 0 Å². The lowest BCUT2D eigenvalue weighted by Gasteiger charge is -2.14. The molecule has 0 spiro atoms. The summed E-state index contributed by atoms with van der Waals surface area (Å²) in [7, 11) is 1.80. The van der Waals surface area contributed by atoms with Crippen molar-refractivity contribution < 1.29 is 4.79 Å². The van der Waals surface area contributed by atoms with Crippen LogP contribution >= 0.6 is 11.6 Å². The summed E-state index contributed by atoms with van der Waals surface area (Å²) in [5.74, 6) is 0.812. The summed E-state index contributed by atoms with van der Waals surface area (Å²) in [5.41, 5.74) is 0. The van der Waals surface area contributed by atoms with E-state index in [2.05, 4.69) is 0 Å². The average Bonchev–Trinajstić information content (AvgIpc) is 1.98. The molecule has 0 aromatic heterocycles. The van der Waals surface area contributed by atoms with Gasteiger partial charge < -0.3 is 4.90 Å². The molecule has 2 nitrogen and oxygen atoms in total. The number of amides is 1. The SMILES string of the molecule is CCC(=O)N(C)CCCCl. The average molecular weight is 164 g/mol. The van der Waals surface area contributed by atoms with Gasteiger partial charge in [-0.1, -0.05) is 6.92 Å². The van der Waals surface area contributed by atoms with Gasteiger partial charge in [0.05, 0.1) is 0 Å². The second-order valence-corrected chi connectivity index (χ2v) is 2.59. The molecule has 0 heterocycles. The number of halogens is 1. The van der Waals surface area contributed by atoms with Gasteiger partial charge in [0, 0.05) is 25.9 Å². The molecule has 10 heavy (non-hydrogen) atoms. The van der Waals surface area contributed by atoms with Crippen LogP contribution in [-0.2, 0) is 4.79 Å². The van der Waals surface area contributed by atoms with E-state index < -0.39 is 0 Å². The number of rotatable bonds is 4. The molecule has 0 bridgehead atoms. The minimum atomic E-state index is 0.185. The molecule has 0 aliphatic rings. The van der Waals surface area contributed by atoms with Gasteiger partial charge in [-0.15, -0.1) is 11.6 Å². The molecule has 60 valence electrons. The Morgan fingerprint density at radius 2 is 2.20 bits per heavy atom. The Bertz CT molecular complexity index is 106. The number of carbonyl (C=O) groups is 1. The summed E-state index contributed by atoms with van der Waals surface area (Å²) < 4.78 is 0. The highest BCUT2D eigenvalue weighted by Crippen LogP contribution is 1.93. The van der Waals surface area contributed by atoms with Gasteiger partial charge in [-0.05, 0) is 6.42 Å². The number of hydrogen-bond acceptors (Lipinski definition) is 1. The van der Waals surface area contributed by atoms with Gasteiger partial charge in [0.15, 0.2) is 0 Å². The second-order valence-electron chi connectivity index (χ2n) is 2.21. The van der Waals surface area contributed by atoms with Gasteiger partial charge in [0.2, 0.25) is 5.91 Å². The maximum absolute atomic E-state index is 10.9. The van der Waals surface area contributed by atoms with Crippen molar-refractivity contribution >= 4 is 17.5 Å². The van der Waals surface area contributed by atoms with Crippen LogP contribution in [-0.4, -0.2) is 30.3 Å². The zero-order valence-corrected chi connectivity index (χ0v) is 7.32. The molecule has 0 rings (SSSR count). The Balaban J connectivity index is 3.41. The lowest BCUT2D eigenvalue weighted by molar-refractivity contribution is -0.129. The number of hydrogen-bond donors (Lipinski definition) is 0. The monoisotopic (exact) mass is 163 g/mol. The summed E-state index contributed by atoms with van der Waals surface area (Å²) in [5, 5.41) is 0. The lowest BCUT2D eigenvalue weighted by Crippen LogP contribution is -2.26. The first-order valence-electron chi connectivity index (χ1n) is 3.52. The fourth-order valence-electron chi connectivity index (χ4n) is 0.692. The predicted octanol–water partition coefficient (Wildman–Crippen LogP) is 1.48. The van der Waals surface area contributed by atoms with Crippen LogP contribution in [0.2, 0.25) is 0 Å². The molecule has 0 fully saturated rings. The number of carbonyl (C=O) groups excluding carboxylic acids is 1. The zero-order chi connectivity index (χ0) is 7.98. The highest BCUT2D eigenvalue weighted by atomic mass is 35.5. The molecule has 0 saturated carbocycles. The molecule has 0 N–H and O–H groups in total. The summed E-state index contributed by atoms with van der Waals surface area (Å²) in [6.07, 6.45) is 1.46. The first-order chi connectivity index (χ1) is 4.72. The quantitative estimate of drug-likeness (QED) is 0.575. The fourth-order valence-corrected chi connectivity index (χ4v) is 0.811. The van der Waals surface area contributed by atoms with Gasteiger partial charge in [-0.2, -0.15) is 0 Å². The topological polar surface area (TPSA) is 20.3 Å². The van der Waals surface area contributed by atoms with E-state index in [-0.39, 0.29) is 5.91 Å². The molecule has 0 aromatic carbocycles. The minimum absolute atomic E-state index is 0.185. The van der Waals surface area contributed by atoms with E-state index in [1.54, 1.807) is 11.9 Å². The van der Waals surface area contributed by atoms with Crippen LogP contribution in [0.25, 0.3) is 0 Å². The molecule has 0 radical (unpaired) electrons. The van der Waals surface area contributed by atoms with Crippen LogP contribution in [0.5, 0.6) is 0 Å². The lowest BCUT2D eigenvalue weighted by atomic mass is 10.4. The van der Waals surface area contributed by atoms with Gasteiger partial charge in [-0.25, -0.2) is 0 Å². The Hall–Kier alpha value is -0.240. The third kappa shape index (κ3) is 3.72. The van der Waals surface area contributed by atoms with Crippen molar-refractivity contribution in [1.29, 1.82) is 0 Å². The van der Waals surface area contributed by atoms with Crippen molar-refractivity contribution in [2.75, 3.05) is 19.5 Å². The largest absolute Gasteiger partial charge is 0.346 e. The van der Waals surface area contributed by atoms with Gasteiger partial charge in [-0.3, -0.25) is 4.79 Å². The van der Waals surface area contributed by atoms with Crippen molar-refractivity contribution in [3.05, 3.63) is 0 Å². The third-order valence-electron chi connectivity index (χ3n) is 1.36. The minimum Gasteiger partial charge on any atom is -0.346 e. The van der Waals surface area contributed by atoms with Crippen LogP contribution in [0.1, 0.15) is 19.8 Å². The van der Waals surface area contributed by atoms with Crippen molar-refractivity contribution in [3.63, 3.8) is 0 Å². The van der Waals surface area contributed by atoms with E-state index >= 15 is 0 Å². The Kier molecular flexibility index (Phi) is 5.40. The predicted molar refractivity (Wildman–Crippen MR) is 43.3 cm³/mol. The Morgan fingerprint density at radius 1 is 1.60 bits per heavy atom. The molecule has 1 amide bonds. The van der Waals surface area contributed by atoms with Crippen molar-refractivity contribution in [1.82, 2.24) is 4.90 Å². The maximum Gasteiger partial charge on any atom is 0.222 e. The summed E-state index contributed by atoms with van der Waals surface area (Å²) >= 11 is 5.46. The number of nitrogens with zero attached hydrogens (tertiary/aromatic N) is 1. The molecule has 0 aliphatic heterocycles. The van der Waals surface area contributed by atoms with E-state index in [4.69, 9.17) is 11.6 Å². The highest BCUT2D eigenvalue weighted by Gasteiger charge is 2.03. The number of alkyl halides is 1. The van der Waals surface area contributed by atoms with E-state index in [1.807, 2.05) is 6.92 Å². The van der Waals surface area contributed by atoms with Crippen LogP contribution in [0.15, 0.2) is 0 Å². The standard InChI is InChI=1S/C7H14ClNO/c1-3-7(10)9(2)6-4-5-8/h3-6H2,1-2H3. The van der Waals surface area contributed by atoms with Crippen molar-refractivity contribution in [2.45, 2.75) is 19.8 Å². The molecule has 0 atom stereocenters. The van der Waals surface area contributed by atoms with Crippen molar-refractivity contribution in [2.24, 2.45) is 0 Å². The first kappa shape index (κ1) is 9.76. The Morgan fingerprint density at radius 3 is 2.60 bits per heavy atom. The first-order valence-corrected chi connectivity index (χ1v) is 4.05. The maximum atomic E-state index is 10.9. The van der Waals surface area contributed by atoms with Crippen LogP contribution in [0.3, 0.4) is 0 Å². The molecule has 0 aromatic rings. The van der Waals surface area contributed by atoms with Gasteiger partial charge in [0.25, 0.3) is 0 Å². The third-order valence-corrected chi connectivity index (χ3v) is 1.62. The van der Waals surface area contributed by atoms with E-state index in [0.717, 1.165) is 13.0 Å². The molecule has 0 saturated heterocycles. The highest BCUT2D eigenvalue weighted by molar-refractivity contribution is 6.17. The summed E-state index contributed by atoms with van der Waals surface area (Å²) in [6.45, 7) is 2.63. The molecular weight excluding hydrogens is 150 g/mol. The fraction of sp³-hybridized carbons (Fsp3) is 0.857. The second kappa shape index (κ2) is 5.54. The van der Waals surface area contributed by atoms with E-state index in [9.17, 15) is 4.79 Å². The van der Waals surface area contributed by atoms with E-state index in [0.29, 0.717) is 12.3 Å². The molecular formula is C7H14ClNO. The molecule has 3 heteroatoms. The smallest absolute Gasteiger partial charge is 0.222 e. The Labute approximate surface area is 67.2 Å². The van der Waals surface area contributed by atoms with Crippen LogP contribution in [0.4, 0.5) is 0 Å². The van der Waals surface area contributed by atoms with Crippen LogP contribution in [0, 0.1) is 0 Å². The van der Waals surface area contributed by atoms with Crippen molar-refractivity contribution in [3.8, 4) is 0 Å². The summed E-state index contributed by atoms with van der Waals surface area (Å²) in [6, 6.07) is 0. The summed E-state index contributed by atoms with van der Waals surface area (Å²) in [4.78, 5) is 12.6.